The molecule has 5 rings (SSSR count). The molecule has 3 N–H and O–H groups in total. The molecule has 0 bridgehead atoms. The summed E-state index contributed by atoms with van der Waals surface area (Å²) in [5.74, 6) is 0.957. The topological polar surface area (TPSA) is 128 Å². The average Bonchev–Trinajstić information content (AvgIpc) is 3.08. The Labute approximate surface area is 248 Å². The van der Waals surface area contributed by atoms with E-state index in [1.807, 2.05) is 12.1 Å². The minimum atomic E-state index is -0.414. The van der Waals surface area contributed by atoms with Crippen molar-refractivity contribution < 1.29 is 23.8 Å². The van der Waals surface area contributed by atoms with Crippen LogP contribution in [0.25, 0.3) is 11.1 Å². The minimum Gasteiger partial charge on any atom is -0.493 e. The van der Waals surface area contributed by atoms with Gasteiger partial charge < -0.3 is 30.2 Å². The first kappa shape index (κ1) is 29.4. The molecule has 0 saturated carbocycles. The number of amides is 2. The van der Waals surface area contributed by atoms with Gasteiger partial charge in [-0.05, 0) is 73.4 Å². The molecule has 3 aromatic rings. The third-order valence-corrected chi connectivity index (χ3v) is 8.77. The Balaban J connectivity index is 1.48. The second-order valence-electron chi connectivity index (χ2n) is 10.4. The van der Waals surface area contributed by atoms with Crippen LogP contribution >= 0.6 is 11.3 Å². The summed E-state index contributed by atoms with van der Waals surface area (Å²) >= 11 is 1.53. The molecule has 222 valence electrons. The van der Waals surface area contributed by atoms with Crippen molar-refractivity contribution in [3.8, 4) is 28.4 Å². The lowest BCUT2D eigenvalue weighted by Gasteiger charge is -2.19. The monoisotopic (exact) mass is 592 g/mol. The summed E-state index contributed by atoms with van der Waals surface area (Å²) in [7, 11) is 4.66. The van der Waals surface area contributed by atoms with E-state index in [1.54, 1.807) is 27.4 Å². The molecule has 1 unspecified atom stereocenters. The third kappa shape index (κ3) is 6.06. The summed E-state index contributed by atoms with van der Waals surface area (Å²) < 4.78 is 17.0. The van der Waals surface area contributed by atoms with Crippen LogP contribution in [0.4, 0.5) is 10.8 Å². The van der Waals surface area contributed by atoms with E-state index < -0.39 is 6.04 Å². The van der Waals surface area contributed by atoms with Crippen LogP contribution in [0.15, 0.2) is 29.1 Å². The Morgan fingerprint density at radius 2 is 1.79 bits per heavy atom. The average molecular weight is 593 g/mol. The number of nitrogens with one attached hydrogen (secondary N) is 3. The number of methoxy groups -OCH3 is 3. The highest BCUT2D eigenvalue weighted by molar-refractivity contribution is 7.15. The van der Waals surface area contributed by atoms with Gasteiger partial charge in [0.05, 0.1) is 45.3 Å². The van der Waals surface area contributed by atoms with E-state index in [1.165, 1.54) is 35.6 Å². The molecule has 42 heavy (non-hydrogen) atoms. The maximum absolute atomic E-state index is 13.5. The molecular formula is C31H36N4O6S. The lowest BCUT2D eigenvalue weighted by Crippen LogP contribution is -2.27. The van der Waals surface area contributed by atoms with E-state index in [0.717, 1.165) is 48.1 Å². The van der Waals surface area contributed by atoms with E-state index in [9.17, 15) is 14.4 Å². The van der Waals surface area contributed by atoms with Gasteiger partial charge in [0.2, 0.25) is 23.0 Å². The number of aryl methyl sites for hydroxylation is 3. The van der Waals surface area contributed by atoms with Gasteiger partial charge in [-0.2, -0.15) is 0 Å². The number of benzene rings is 1. The van der Waals surface area contributed by atoms with Crippen LogP contribution in [0.3, 0.4) is 0 Å². The van der Waals surface area contributed by atoms with Crippen molar-refractivity contribution in [2.45, 2.75) is 57.9 Å². The van der Waals surface area contributed by atoms with Crippen molar-refractivity contribution in [2.24, 2.45) is 0 Å². The fourth-order valence-electron chi connectivity index (χ4n) is 5.77. The molecule has 2 amide bonds. The van der Waals surface area contributed by atoms with Crippen molar-refractivity contribution in [3.63, 3.8) is 0 Å². The minimum absolute atomic E-state index is 0.103. The molecule has 0 saturated heterocycles. The number of carbonyl (C=O) groups is 2. The Hall–Kier alpha value is -4.12. The van der Waals surface area contributed by atoms with Gasteiger partial charge in [0.15, 0.2) is 16.6 Å². The predicted molar refractivity (Wildman–Crippen MR) is 163 cm³/mol. The number of thiazole rings is 1. The van der Waals surface area contributed by atoms with Gasteiger partial charge in [0.25, 0.3) is 0 Å². The molecule has 1 atom stereocenters. The van der Waals surface area contributed by atoms with Gasteiger partial charge in [-0.3, -0.25) is 14.4 Å². The fraction of sp³-hybridized carbons (Fsp3) is 0.419. The molecule has 0 aliphatic heterocycles. The summed E-state index contributed by atoms with van der Waals surface area (Å²) in [6, 6.07) is 6.50. The van der Waals surface area contributed by atoms with Gasteiger partial charge in [-0.25, -0.2) is 4.98 Å². The Morgan fingerprint density at radius 3 is 2.52 bits per heavy atom. The summed E-state index contributed by atoms with van der Waals surface area (Å²) in [5.41, 5.74) is 4.12. The molecule has 1 heterocycles. The molecular weight excluding hydrogens is 556 g/mol. The molecule has 11 heteroatoms. The number of fused-ring (bicyclic) bond motifs is 4. The number of aromatic nitrogens is 1. The van der Waals surface area contributed by atoms with Gasteiger partial charge in [0, 0.05) is 17.4 Å². The second-order valence-corrected chi connectivity index (χ2v) is 11.5. The van der Waals surface area contributed by atoms with E-state index in [2.05, 4.69) is 20.9 Å². The Kier molecular flexibility index (Phi) is 8.96. The van der Waals surface area contributed by atoms with Crippen LogP contribution in [0.2, 0.25) is 0 Å². The number of anilines is 2. The van der Waals surface area contributed by atoms with Gasteiger partial charge in [-0.1, -0.05) is 12.5 Å². The lowest BCUT2D eigenvalue weighted by atomic mass is 9.95. The van der Waals surface area contributed by atoms with Gasteiger partial charge in [0.1, 0.15) is 0 Å². The largest absolute Gasteiger partial charge is 0.493 e. The highest BCUT2D eigenvalue weighted by atomic mass is 32.1. The van der Waals surface area contributed by atoms with E-state index in [0.29, 0.717) is 40.8 Å². The van der Waals surface area contributed by atoms with Crippen LogP contribution in [-0.2, 0) is 28.9 Å². The molecule has 0 radical (unpaired) electrons. The summed E-state index contributed by atoms with van der Waals surface area (Å²) in [5, 5.41) is 9.47. The third-order valence-electron chi connectivity index (χ3n) is 7.70. The molecule has 0 spiro atoms. The van der Waals surface area contributed by atoms with Gasteiger partial charge in [-0.15, -0.1) is 11.3 Å². The van der Waals surface area contributed by atoms with Crippen molar-refractivity contribution in [1.82, 2.24) is 10.3 Å². The van der Waals surface area contributed by atoms with Crippen molar-refractivity contribution in [1.29, 1.82) is 0 Å². The van der Waals surface area contributed by atoms with Gasteiger partial charge >= 0.3 is 0 Å². The summed E-state index contributed by atoms with van der Waals surface area (Å²) in [6.45, 7) is 1.35. The predicted octanol–water partition coefficient (Wildman–Crippen LogP) is 4.64. The van der Waals surface area contributed by atoms with E-state index in [4.69, 9.17) is 14.2 Å². The zero-order valence-electron chi connectivity index (χ0n) is 24.3. The fourth-order valence-corrected chi connectivity index (χ4v) is 6.84. The second kappa shape index (κ2) is 12.8. The molecule has 10 nitrogen and oxygen atoms in total. The molecule has 2 aliphatic rings. The van der Waals surface area contributed by atoms with Crippen LogP contribution in [0, 0.1) is 0 Å². The smallest absolute Gasteiger partial charge is 0.245 e. The molecule has 2 aromatic carbocycles. The van der Waals surface area contributed by atoms with Crippen LogP contribution < -0.4 is 35.6 Å². The number of ether oxygens (including phenoxy) is 3. The van der Waals surface area contributed by atoms with Crippen molar-refractivity contribution in [3.05, 3.63) is 56.2 Å². The first-order chi connectivity index (χ1) is 20.3. The molecule has 1 aromatic heterocycles. The summed E-state index contributed by atoms with van der Waals surface area (Å²) in [4.78, 5) is 44.3. The normalized spacial score (nSPS) is 15.6. The maximum atomic E-state index is 13.5. The Bertz CT molecular complexity index is 1550. The van der Waals surface area contributed by atoms with Crippen molar-refractivity contribution >= 4 is 34.0 Å². The highest BCUT2D eigenvalue weighted by Gasteiger charge is 2.29. The zero-order chi connectivity index (χ0) is 29.8. The van der Waals surface area contributed by atoms with Crippen molar-refractivity contribution in [2.75, 3.05) is 38.5 Å². The van der Waals surface area contributed by atoms with Crippen LogP contribution in [0.5, 0.6) is 17.2 Å². The molecule has 2 aliphatic carbocycles. The standard InChI is InChI=1S/C31H36N4O6S/c1-17(36)33-21-12-10-18-14-25(39-2)29(40-3)30(41-4)28(18)19-11-13-22(24(37)15-20(19)21)32-16-27(38)35-31-34-23-8-6-5-7-9-26(23)42-31/h11,13-15,21H,5-10,12,16H2,1-4H3,(H,32,37)(H,33,36)(H,34,35,38). The Morgan fingerprint density at radius 1 is 1.00 bits per heavy atom. The van der Waals surface area contributed by atoms with Crippen LogP contribution in [0.1, 0.15) is 60.3 Å². The lowest BCUT2D eigenvalue weighted by molar-refractivity contribution is -0.119. The number of hydrogen-bond acceptors (Lipinski definition) is 9. The van der Waals surface area contributed by atoms with E-state index >= 15 is 0 Å². The quantitative estimate of drug-likeness (QED) is 0.323. The number of rotatable bonds is 8. The summed E-state index contributed by atoms with van der Waals surface area (Å²) in [6.07, 6.45) is 6.57. The first-order valence-corrected chi connectivity index (χ1v) is 14.9. The van der Waals surface area contributed by atoms with E-state index in [-0.39, 0.29) is 29.5 Å². The number of hydrogen-bond donors (Lipinski definition) is 3. The van der Waals surface area contributed by atoms with Crippen LogP contribution in [-0.4, -0.2) is 44.7 Å². The maximum Gasteiger partial charge on any atom is 0.245 e. The number of carbonyl (C=O) groups excluding carboxylic acids is 2. The number of nitrogens with zero attached hydrogens (tertiary/aromatic N) is 1. The highest BCUT2D eigenvalue weighted by Crippen LogP contribution is 2.50. The first-order valence-electron chi connectivity index (χ1n) is 14.1. The zero-order valence-corrected chi connectivity index (χ0v) is 25.2. The molecule has 0 fully saturated rings. The SMILES string of the molecule is COc1cc2c(c(OC)c1OC)-c1ccc(NCC(=O)Nc3nc4c(s3)CCCCC4)c(=O)cc1C(NC(C)=O)CC2.